The molecule has 0 aromatic carbocycles. The van der Waals surface area contributed by atoms with Crippen LogP contribution >= 0.6 is 11.3 Å². The van der Waals surface area contributed by atoms with Crippen molar-refractivity contribution in [3.8, 4) is 0 Å². The maximum atomic E-state index is 4.57. The van der Waals surface area contributed by atoms with Crippen molar-refractivity contribution in [1.82, 2.24) is 10.3 Å². The van der Waals surface area contributed by atoms with Crippen LogP contribution in [0.15, 0.2) is 0 Å². The molecule has 0 aliphatic heterocycles. The molecule has 2 nitrogen and oxygen atoms in total. The topological polar surface area (TPSA) is 24.9 Å². The van der Waals surface area contributed by atoms with Crippen molar-refractivity contribution < 1.29 is 0 Å². The molecule has 0 spiro atoms. The molecule has 66 valence electrons. The molecule has 0 amide bonds. The van der Waals surface area contributed by atoms with Gasteiger partial charge in [-0.25, -0.2) is 4.98 Å². The number of rotatable bonds is 3. The van der Waals surface area contributed by atoms with Gasteiger partial charge in [-0.3, -0.25) is 0 Å². The molecule has 0 radical (unpaired) electrons. The zero-order valence-electron chi connectivity index (χ0n) is 7.55. The average Bonchev–Trinajstić information content (AvgIpc) is 2.80. The Bertz CT molecular complexity index is 276. The van der Waals surface area contributed by atoms with Crippen LogP contribution < -0.4 is 5.32 Å². The molecular weight excluding hydrogens is 168 g/mol. The quantitative estimate of drug-likeness (QED) is 0.774. The first-order chi connectivity index (χ1) is 5.81. The second kappa shape index (κ2) is 3.15. The molecule has 0 atom stereocenters. The highest BCUT2D eigenvalue weighted by atomic mass is 32.1. The molecule has 0 saturated heterocycles. The largest absolute Gasteiger partial charge is 0.315 e. The van der Waals surface area contributed by atoms with Gasteiger partial charge in [-0.05, 0) is 26.8 Å². The highest BCUT2D eigenvalue weighted by Crippen LogP contribution is 2.42. The van der Waals surface area contributed by atoms with Gasteiger partial charge in [0.05, 0.1) is 10.7 Å². The number of hydrogen-bond acceptors (Lipinski definition) is 3. The Morgan fingerprint density at radius 3 is 2.92 bits per heavy atom. The molecule has 1 aromatic rings. The van der Waals surface area contributed by atoms with Gasteiger partial charge >= 0.3 is 0 Å². The van der Waals surface area contributed by atoms with Crippen molar-refractivity contribution in [2.45, 2.75) is 32.2 Å². The van der Waals surface area contributed by atoms with Gasteiger partial charge in [-0.2, -0.15) is 0 Å². The maximum absolute atomic E-state index is 4.57. The number of nitrogens with zero attached hydrogens (tertiary/aromatic N) is 1. The van der Waals surface area contributed by atoms with Crippen LogP contribution in [0.1, 0.15) is 34.3 Å². The van der Waals surface area contributed by atoms with Gasteiger partial charge in [-0.1, -0.05) is 0 Å². The highest BCUT2D eigenvalue weighted by molar-refractivity contribution is 7.11. The second-order valence-corrected chi connectivity index (χ2v) is 4.48. The van der Waals surface area contributed by atoms with E-state index in [1.165, 1.54) is 28.4 Å². The van der Waals surface area contributed by atoms with Crippen molar-refractivity contribution in [2.75, 3.05) is 7.05 Å². The fourth-order valence-corrected chi connectivity index (χ4v) is 2.53. The van der Waals surface area contributed by atoms with E-state index in [1.54, 1.807) is 0 Å². The first kappa shape index (κ1) is 8.20. The molecule has 12 heavy (non-hydrogen) atoms. The SMILES string of the molecule is CNCc1sc(C2CC2)nc1C. The molecule has 1 aliphatic carbocycles. The zero-order chi connectivity index (χ0) is 8.55. The lowest BCUT2D eigenvalue weighted by molar-refractivity contribution is 0.822. The van der Waals surface area contributed by atoms with Crippen LogP contribution in [0.4, 0.5) is 0 Å². The van der Waals surface area contributed by atoms with Gasteiger partial charge in [0, 0.05) is 17.3 Å². The van der Waals surface area contributed by atoms with Crippen molar-refractivity contribution in [3.63, 3.8) is 0 Å². The fraction of sp³-hybridized carbons (Fsp3) is 0.667. The summed E-state index contributed by atoms with van der Waals surface area (Å²) >= 11 is 1.88. The first-order valence-corrected chi connectivity index (χ1v) is 5.23. The van der Waals surface area contributed by atoms with Gasteiger partial charge in [-0.15, -0.1) is 11.3 Å². The smallest absolute Gasteiger partial charge is 0.0962 e. The minimum atomic E-state index is 0.805. The van der Waals surface area contributed by atoms with Crippen molar-refractivity contribution in [2.24, 2.45) is 0 Å². The summed E-state index contributed by atoms with van der Waals surface area (Å²) in [6.45, 7) is 3.07. The first-order valence-electron chi connectivity index (χ1n) is 4.42. The molecule has 1 fully saturated rings. The van der Waals surface area contributed by atoms with E-state index in [-0.39, 0.29) is 0 Å². The Kier molecular flexibility index (Phi) is 2.15. The summed E-state index contributed by atoms with van der Waals surface area (Å²) in [6.07, 6.45) is 2.71. The van der Waals surface area contributed by atoms with E-state index in [4.69, 9.17) is 0 Å². The summed E-state index contributed by atoms with van der Waals surface area (Å²) in [7, 11) is 1.98. The van der Waals surface area contributed by atoms with Crippen LogP contribution in [0.3, 0.4) is 0 Å². The second-order valence-electron chi connectivity index (χ2n) is 3.37. The average molecular weight is 182 g/mol. The highest BCUT2D eigenvalue weighted by Gasteiger charge is 2.27. The van der Waals surface area contributed by atoms with Crippen LogP contribution in [0.2, 0.25) is 0 Å². The summed E-state index contributed by atoms with van der Waals surface area (Å²) in [5, 5.41) is 4.53. The molecule has 1 aromatic heterocycles. The van der Waals surface area contributed by atoms with Crippen molar-refractivity contribution >= 4 is 11.3 Å². The van der Waals surface area contributed by atoms with Crippen LogP contribution in [-0.2, 0) is 6.54 Å². The number of hydrogen-bond donors (Lipinski definition) is 1. The summed E-state index contributed by atoms with van der Waals surface area (Å²) in [5.41, 5.74) is 1.22. The zero-order valence-corrected chi connectivity index (χ0v) is 8.37. The van der Waals surface area contributed by atoms with Crippen molar-refractivity contribution in [3.05, 3.63) is 15.6 Å². The summed E-state index contributed by atoms with van der Waals surface area (Å²) in [4.78, 5) is 5.97. The van der Waals surface area contributed by atoms with E-state index in [0.29, 0.717) is 0 Å². The van der Waals surface area contributed by atoms with Crippen LogP contribution in [0.25, 0.3) is 0 Å². The molecule has 1 N–H and O–H groups in total. The number of nitrogens with one attached hydrogen (secondary N) is 1. The third kappa shape index (κ3) is 1.52. The number of aromatic nitrogens is 1. The lowest BCUT2D eigenvalue weighted by Gasteiger charge is -1.93. The Morgan fingerprint density at radius 1 is 1.58 bits per heavy atom. The Morgan fingerprint density at radius 2 is 2.33 bits per heavy atom. The van der Waals surface area contributed by atoms with E-state index in [0.717, 1.165) is 12.5 Å². The third-order valence-electron chi connectivity index (χ3n) is 2.17. The summed E-state index contributed by atoms with van der Waals surface area (Å²) < 4.78 is 0. The lowest BCUT2D eigenvalue weighted by atomic mass is 10.4. The summed E-state index contributed by atoms with van der Waals surface area (Å²) in [6, 6.07) is 0. The number of thiazole rings is 1. The fourth-order valence-electron chi connectivity index (χ4n) is 1.28. The van der Waals surface area contributed by atoms with Gasteiger partial charge in [0.2, 0.25) is 0 Å². The Balaban J connectivity index is 2.18. The van der Waals surface area contributed by atoms with Gasteiger partial charge in [0.25, 0.3) is 0 Å². The van der Waals surface area contributed by atoms with E-state index in [1.807, 2.05) is 18.4 Å². The minimum Gasteiger partial charge on any atom is -0.315 e. The maximum Gasteiger partial charge on any atom is 0.0962 e. The van der Waals surface area contributed by atoms with E-state index in [9.17, 15) is 0 Å². The van der Waals surface area contributed by atoms with Gasteiger partial charge in [0.1, 0.15) is 0 Å². The Hall–Kier alpha value is -0.410. The van der Waals surface area contributed by atoms with Gasteiger partial charge in [0.15, 0.2) is 0 Å². The molecule has 1 heterocycles. The minimum absolute atomic E-state index is 0.805. The van der Waals surface area contributed by atoms with E-state index >= 15 is 0 Å². The van der Waals surface area contributed by atoms with Crippen molar-refractivity contribution in [1.29, 1.82) is 0 Å². The lowest BCUT2D eigenvalue weighted by Crippen LogP contribution is -2.04. The van der Waals surface area contributed by atoms with Crippen LogP contribution in [0.5, 0.6) is 0 Å². The molecule has 0 unspecified atom stereocenters. The van der Waals surface area contributed by atoms with Gasteiger partial charge < -0.3 is 5.32 Å². The number of aryl methyl sites for hydroxylation is 1. The molecular formula is C9H14N2S. The summed E-state index contributed by atoms with van der Waals surface area (Å²) in [5.74, 6) is 0.805. The molecule has 1 saturated carbocycles. The molecule has 1 aliphatic rings. The third-order valence-corrected chi connectivity index (χ3v) is 3.49. The predicted octanol–water partition coefficient (Wildman–Crippen LogP) is 2.05. The van der Waals surface area contributed by atoms with Crippen LogP contribution in [0, 0.1) is 6.92 Å². The normalized spacial score (nSPS) is 16.8. The molecule has 3 heteroatoms. The monoisotopic (exact) mass is 182 g/mol. The molecule has 2 rings (SSSR count). The standard InChI is InChI=1S/C9H14N2S/c1-6-8(5-10-2)12-9(11-6)7-3-4-7/h7,10H,3-5H2,1-2H3. The van der Waals surface area contributed by atoms with E-state index in [2.05, 4.69) is 17.2 Å². The van der Waals surface area contributed by atoms with Crippen LogP contribution in [-0.4, -0.2) is 12.0 Å². The van der Waals surface area contributed by atoms with E-state index < -0.39 is 0 Å². The molecule has 0 bridgehead atoms. The Labute approximate surface area is 77.0 Å². The predicted molar refractivity (Wildman–Crippen MR) is 51.6 cm³/mol.